The van der Waals surface area contributed by atoms with Crippen molar-refractivity contribution >= 4 is 28.5 Å². The van der Waals surface area contributed by atoms with E-state index in [4.69, 9.17) is 9.47 Å². The van der Waals surface area contributed by atoms with Gasteiger partial charge in [-0.15, -0.1) is 0 Å². The van der Waals surface area contributed by atoms with Gasteiger partial charge >= 0.3 is 6.09 Å². The molecule has 8 nitrogen and oxygen atoms in total. The minimum atomic E-state index is -0.476. The number of aromatic nitrogens is 2. The molecule has 2 saturated heterocycles. The zero-order chi connectivity index (χ0) is 23.0. The Kier molecular flexibility index (Phi) is 6.03. The van der Waals surface area contributed by atoms with Gasteiger partial charge < -0.3 is 25.0 Å². The number of fused-ring (bicyclic) bond motifs is 3. The van der Waals surface area contributed by atoms with Crippen molar-refractivity contribution in [1.29, 1.82) is 0 Å². The molecule has 5 rings (SSSR count). The lowest BCUT2D eigenvalue weighted by atomic mass is 9.91. The van der Waals surface area contributed by atoms with E-state index in [9.17, 15) is 4.79 Å². The molecule has 1 amide bonds. The minimum Gasteiger partial charge on any atom is -0.444 e. The van der Waals surface area contributed by atoms with Gasteiger partial charge in [0.2, 0.25) is 0 Å². The van der Waals surface area contributed by atoms with Crippen molar-refractivity contribution in [3.8, 4) is 0 Å². The Morgan fingerprint density at radius 2 is 1.67 bits per heavy atom. The van der Waals surface area contributed by atoms with Gasteiger partial charge in [-0.2, -0.15) is 0 Å². The fraction of sp³-hybridized carbons (Fsp3) is 0.640. The lowest BCUT2D eigenvalue weighted by Gasteiger charge is -2.35. The van der Waals surface area contributed by atoms with Crippen LogP contribution in [-0.2, 0) is 9.47 Å². The quantitative estimate of drug-likeness (QED) is 0.716. The van der Waals surface area contributed by atoms with Crippen molar-refractivity contribution in [2.75, 3.05) is 23.3 Å². The number of morpholine rings is 1. The molecule has 2 aromatic rings. The van der Waals surface area contributed by atoms with Crippen LogP contribution in [0.15, 0.2) is 24.5 Å². The lowest BCUT2D eigenvalue weighted by molar-refractivity contribution is 0.0305. The molecule has 178 valence electrons. The van der Waals surface area contributed by atoms with E-state index in [1.165, 1.54) is 5.69 Å². The Hall–Kier alpha value is -2.61. The number of hydrogen-bond donors (Lipinski definition) is 2. The topological polar surface area (TPSA) is 88.6 Å². The number of benzene rings is 1. The first-order chi connectivity index (χ1) is 15.8. The van der Waals surface area contributed by atoms with Crippen LogP contribution in [0.4, 0.5) is 16.2 Å². The minimum absolute atomic E-state index is 0.157. The number of nitrogens with one attached hydrogen (secondary N) is 2. The smallest absolute Gasteiger partial charge is 0.407 e. The Morgan fingerprint density at radius 3 is 2.36 bits per heavy atom. The highest BCUT2D eigenvalue weighted by molar-refractivity contribution is 5.91. The van der Waals surface area contributed by atoms with Crippen LogP contribution >= 0.6 is 0 Å². The van der Waals surface area contributed by atoms with Crippen LogP contribution in [0.5, 0.6) is 0 Å². The maximum Gasteiger partial charge on any atom is 0.407 e. The Labute approximate surface area is 195 Å². The fourth-order valence-corrected chi connectivity index (χ4v) is 5.25. The van der Waals surface area contributed by atoms with Gasteiger partial charge in [-0.25, -0.2) is 4.79 Å². The first-order valence-corrected chi connectivity index (χ1v) is 12.2. The third-order valence-electron chi connectivity index (χ3n) is 6.77. The van der Waals surface area contributed by atoms with E-state index in [1.54, 1.807) is 12.4 Å². The summed E-state index contributed by atoms with van der Waals surface area (Å²) in [5.41, 5.74) is 3.57. The maximum absolute atomic E-state index is 12.1. The van der Waals surface area contributed by atoms with Crippen molar-refractivity contribution in [3.63, 3.8) is 0 Å². The van der Waals surface area contributed by atoms with Gasteiger partial charge in [0.15, 0.2) is 0 Å². The van der Waals surface area contributed by atoms with Crippen LogP contribution < -0.4 is 15.5 Å². The summed E-state index contributed by atoms with van der Waals surface area (Å²) in [6.45, 7) is 7.52. The number of nitrogens with zero attached hydrogens (tertiary/aromatic N) is 3. The zero-order valence-electron chi connectivity index (χ0n) is 19.8. The largest absolute Gasteiger partial charge is 0.444 e. The van der Waals surface area contributed by atoms with E-state index in [0.717, 1.165) is 68.3 Å². The van der Waals surface area contributed by atoms with Crippen LogP contribution in [0.2, 0.25) is 0 Å². The highest BCUT2D eigenvalue weighted by Crippen LogP contribution is 2.34. The van der Waals surface area contributed by atoms with Crippen LogP contribution in [0.25, 0.3) is 11.0 Å². The van der Waals surface area contributed by atoms with Crippen molar-refractivity contribution < 1.29 is 14.3 Å². The molecule has 2 bridgehead atoms. The van der Waals surface area contributed by atoms with E-state index < -0.39 is 5.60 Å². The highest BCUT2D eigenvalue weighted by atomic mass is 16.6. The van der Waals surface area contributed by atoms with Gasteiger partial charge in [0.1, 0.15) is 11.1 Å². The number of rotatable bonds is 4. The standard InChI is InChI=1S/C25H35N5O3/c1-25(2,3)33-24(31)29-17-6-4-16(5-7-17)28-22-13-18(12-21-23(22)27-11-10-26-21)30-14-19-8-9-20(15-30)32-19/h10-13,16-17,19-20,28H,4-9,14-15H2,1-3H3,(H,29,31)/t16?,17?,19-,20+. The third kappa shape index (κ3) is 5.32. The molecule has 33 heavy (non-hydrogen) atoms. The zero-order valence-corrected chi connectivity index (χ0v) is 19.8. The molecule has 3 fully saturated rings. The normalized spacial score (nSPS) is 27.4. The molecule has 2 atom stereocenters. The molecule has 0 unspecified atom stereocenters. The van der Waals surface area contributed by atoms with Gasteiger partial charge in [-0.05, 0) is 71.4 Å². The van der Waals surface area contributed by atoms with E-state index in [2.05, 4.69) is 37.6 Å². The van der Waals surface area contributed by atoms with E-state index in [0.29, 0.717) is 18.2 Å². The van der Waals surface area contributed by atoms with Gasteiger partial charge in [-0.3, -0.25) is 9.97 Å². The molecule has 1 aromatic carbocycles. The molecule has 1 aromatic heterocycles. The predicted octanol–water partition coefficient (Wildman–Crippen LogP) is 4.25. The Bertz CT molecular complexity index is 987. The average molecular weight is 454 g/mol. The van der Waals surface area contributed by atoms with Gasteiger partial charge in [0, 0.05) is 43.3 Å². The van der Waals surface area contributed by atoms with Crippen LogP contribution in [0.3, 0.4) is 0 Å². The highest BCUT2D eigenvalue weighted by Gasteiger charge is 2.34. The fourth-order valence-electron chi connectivity index (χ4n) is 5.25. The lowest BCUT2D eigenvalue weighted by Crippen LogP contribution is -2.43. The second kappa shape index (κ2) is 8.97. The first-order valence-electron chi connectivity index (χ1n) is 12.2. The molecular weight excluding hydrogens is 418 g/mol. The summed E-state index contributed by atoms with van der Waals surface area (Å²) in [6, 6.07) is 4.87. The summed E-state index contributed by atoms with van der Waals surface area (Å²) in [5.74, 6) is 0. The number of anilines is 2. The Balaban J connectivity index is 1.26. The molecule has 0 radical (unpaired) electrons. The summed E-state index contributed by atoms with van der Waals surface area (Å²) in [6.07, 6.45) is 9.97. The summed E-state index contributed by atoms with van der Waals surface area (Å²) < 4.78 is 11.4. The molecule has 1 saturated carbocycles. The average Bonchev–Trinajstić information content (AvgIpc) is 3.11. The molecule has 0 spiro atoms. The number of hydrogen-bond acceptors (Lipinski definition) is 7. The number of carbonyl (C=O) groups excluding carboxylic acids is 1. The van der Waals surface area contributed by atoms with Gasteiger partial charge in [-0.1, -0.05) is 0 Å². The number of amides is 1. The second-order valence-corrected chi connectivity index (χ2v) is 10.6. The molecule has 3 aliphatic rings. The van der Waals surface area contributed by atoms with E-state index in [1.807, 2.05) is 20.8 Å². The summed E-state index contributed by atoms with van der Waals surface area (Å²) >= 11 is 0. The third-order valence-corrected chi connectivity index (χ3v) is 6.77. The van der Waals surface area contributed by atoms with E-state index >= 15 is 0 Å². The molecule has 3 heterocycles. The molecule has 2 N–H and O–H groups in total. The summed E-state index contributed by atoms with van der Waals surface area (Å²) in [5, 5.41) is 6.78. The van der Waals surface area contributed by atoms with Gasteiger partial charge in [0.05, 0.1) is 23.4 Å². The van der Waals surface area contributed by atoms with E-state index in [-0.39, 0.29) is 12.1 Å². The van der Waals surface area contributed by atoms with Crippen molar-refractivity contribution in [2.24, 2.45) is 0 Å². The molecular formula is C25H35N5O3. The van der Waals surface area contributed by atoms with Crippen molar-refractivity contribution in [1.82, 2.24) is 15.3 Å². The summed E-state index contributed by atoms with van der Waals surface area (Å²) in [4.78, 5) is 23.8. The predicted molar refractivity (Wildman–Crippen MR) is 129 cm³/mol. The number of carbonyl (C=O) groups is 1. The molecule has 2 aliphatic heterocycles. The molecule has 1 aliphatic carbocycles. The first kappa shape index (κ1) is 22.2. The Morgan fingerprint density at radius 1 is 1.00 bits per heavy atom. The number of ether oxygens (including phenoxy) is 2. The molecule has 8 heteroatoms. The second-order valence-electron chi connectivity index (χ2n) is 10.6. The van der Waals surface area contributed by atoms with Crippen LogP contribution in [0, 0.1) is 0 Å². The maximum atomic E-state index is 12.1. The summed E-state index contributed by atoms with van der Waals surface area (Å²) in [7, 11) is 0. The van der Waals surface area contributed by atoms with Crippen LogP contribution in [0.1, 0.15) is 59.3 Å². The van der Waals surface area contributed by atoms with Gasteiger partial charge in [0.25, 0.3) is 0 Å². The van der Waals surface area contributed by atoms with Crippen LogP contribution in [-0.4, -0.2) is 59.0 Å². The monoisotopic (exact) mass is 453 g/mol. The number of alkyl carbamates (subject to hydrolysis) is 1. The van der Waals surface area contributed by atoms with Crippen molar-refractivity contribution in [2.45, 2.75) is 89.2 Å². The SMILES string of the molecule is CC(C)(C)OC(=O)NC1CCC(Nc2cc(N3C[C@H]4CC[C@@H](C3)O4)cc3nccnc23)CC1. The van der Waals surface area contributed by atoms with Crippen molar-refractivity contribution in [3.05, 3.63) is 24.5 Å².